The van der Waals surface area contributed by atoms with Crippen molar-refractivity contribution in [3.63, 3.8) is 0 Å². The average molecular weight is 518 g/mol. The molecular formula is C28H37O9-. The molecule has 0 aromatic heterocycles. The molecule has 2 aliphatic rings. The van der Waals surface area contributed by atoms with Crippen LogP contribution in [0.4, 0.5) is 0 Å². The lowest BCUT2D eigenvalue weighted by molar-refractivity contribution is -0.530. The second-order valence-electron chi connectivity index (χ2n) is 10.8. The molecule has 2 aliphatic carbocycles. The standard InChI is InChI=1S/C28H37O9/c1-16-21(31)14-28(33)24(36-25(32)18-11-9-8-10-12-18)19(27(5,15-34-6)37-17(2)29)13-20(30)23(35-7)22(16)26(28,3)4/h8-12,19,21,23-24,31H,13-15H2,1-7H3/q-1/t19?,21-,23-,24-,27+,28+/m0/s1. The maximum absolute atomic E-state index is 15.1. The number of benzene rings is 1. The van der Waals surface area contributed by atoms with Gasteiger partial charge in [0, 0.05) is 33.5 Å². The Labute approximate surface area is 217 Å². The Bertz CT molecular complexity index is 1060. The summed E-state index contributed by atoms with van der Waals surface area (Å²) in [6.07, 6.45) is -4.34. The summed E-state index contributed by atoms with van der Waals surface area (Å²) in [4.78, 5) is 39.2. The number of aliphatic hydroxyl groups is 1. The summed E-state index contributed by atoms with van der Waals surface area (Å²) >= 11 is 0. The Morgan fingerprint density at radius 3 is 2.35 bits per heavy atom. The van der Waals surface area contributed by atoms with Crippen LogP contribution in [0.1, 0.15) is 57.8 Å². The van der Waals surface area contributed by atoms with Crippen molar-refractivity contribution >= 4 is 17.7 Å². The number of aliphatic hydroxyl groups excluding tert-OH is 1. The van der Waals surface area contributed by atoms with Gasteiger partial charge in [0.15, 0.2) is 5.78 Å². The number of fused-ring (bicyclic) bond motifs is 2. The summed E-state index contributed by atoms with van der Waals surface area (Å²) in [5.74, 6) is -2.90. The average Bonchev–Trinajstić information content (AvgIpc) is 2.82. The summed E-state index contributed by atoms with van der Waals surface area (Å²) in [5.41, 5.74) is -3.84. The van der Waals surface area contributed by atoms with Crippen molar-refractivity contribution in [2.75, 3.05) is 20.8 Å². The normalized spacial score (nSPS) is 31.1. The highest BCUT2D eigenvalue weighted by Crippen LogP contribution is 2.54. The second kappa shape index (κ2) is 10.6. The van der Waals surface area contributed by atoms with Crippen molar-refractivity contribution in [3.8, 4) is 0 Å². The van der Waals surface area contributed by atoms with Crippen LogP contribution in [0.5, 0.6) is 0 Å². The van der Waals surface area contributed by atoms with E-state index in [0.29, 0.717) is 11.1 Å². The van der Waals surface area contributed by atoms with E-state index in [-0.39, 0.29) is 30.8 Å². The summed E-state index contributed by atoms with van der Waals surface area (Å²) in [6, 6.07) is 8.18. The zero-order valence-corrected chi connectivity index (χ0v) is 22.5. The van der Waals surface area contributed by atoms with Crippen LogP contribution in [0.3, 0.4) is 0 Å². The van der Waals surface area contributed by atoms with Gasteiger partial charge in [-0.25, -0.2) is 4.79 Å². The van der Waals surface area contributed by atoms with Gasteiger partial charge in [-0.3, -0.25) is 9.59 Å². The van der Waals surface area contributed by atoms with Crippen LogP contribution in [-0.2, 0) is 28.5 Å². The van der Waals surface area contributed by atoms with Crippen molar-refractivity contribution in [3.05, 3.63) is 47.0 Å². The van der Waals surface area contributed by atoms with E-state index in [9.17, 15) is 19.5 Å². The number of Topliss-reactive ketones (excluding diaryl/α,β-unsaturated/α-hetero) is 1. The number of carbonyl (C=O) groups excluding carboxylic acids is 3. The van der Waals surface area contributed by atoms with E-state index in [0.717, 1.165) is 0 Å². The number of rotatable bonds is 7. The van der Waals surface area contributed by atoms with E-state index in [4.69, 9.17) is 18.9 Å². The van der Waals surface area contributed by atoms with E-state index < -0.39 is 52.8 Å². The van der Waals surface area contributed by atoms with Crippen molar-refractivity contribution in [1.29, 1.82) is 0 Å². The number of hydrogen-bond acceptors (Lipinski definition) is 9. The molecule has 37 heavy (non-hydrogen) atoms. The molecule has 0 aliphatic heterocycles. The maximum atomic E-state index is 15.1. The van der Waals surface area contributed by atoms with Gasteiger partial charge in [0.2, 0.25) is 0 Å². The number of ketones is 1. The Morgan fingerprint density at radius 2 is 1.81 bits per heavy atom. The lowest BCUT2D eigenvalue weighted by Gasteiger charge is -2.65. The Hall–Kier alpha value is -2.59. The van der Waals surface area contributed by atoms with Crippen LogP contribution in [0, 0.1) is 11.3 Å². The predicted molar refractivity (Wildman–Crippen MR) is 131 cm³/mol. The molecular weight excluding hydrogens is 480 g/mol. The van der Waals surface area contributed by atoms with Crippen molar-refractivity contribution < 1.29 is 43.5 Å². The zero-order chi connectivity index (χ0) is 27.8. The van der Waals surface area contributed by atoms with Crippen LogP contribution in [0.25, 0.3) is 0 Å². The lowest BCUT2D eigenvalue weighted by atomic mass is 9.53. The number of carbonyl (C=O) groups is 3. The molecule has 0 radical (unpaired) electrons. The maximum Gasteiger partial charge on any atom is 0.338 e. The van der Waals surface area contributed by atoms with Gasteiger partial charge < -0.3 is 29.2 Å². The quantitative estimate of drug-likeness (QED) is 0.426. The molecule has 1 saturated carbocycles. The Balaban J connectivity index is 2.30. The minimum atomic E-state index is -2.12. The van der Waals surface area contributed by atoms with Gasteiger partial charge in [0.05, 0.1) is 18.3 Å². The molecule has 2 bridgehead atoms. The Kier molecular flexibility index (Phi) is 8.34. The molecule has 0 heterocycles. The van der Waals surface area contributed by atoms with Crippen LogP contribution in [0.2, 0.25) is 0 Å². The first-order chi connectivity index (χ1) is 17.2. The molecule has 9 heteroatoms. The van der Waals surface area contributed by atoms with Crippen LogP contribution >= 0.6 is 0 Å². The van der Waals surface area contributed by atoms with Gasteiger partial charge in [-0.05, 0) is 49.0 Å². The number of ether oxygens (including phenoxy) is 4. The minimum absolute atomic E-state index is 0.164. The van der Waals surface area contributed by atoms with Gasteiger partial charge >= 0.3 is 11.9 Å². The molecule has 0 amide bonds. The molecule has 1 unspecified atom stereocenters. The highest BCUT2D eigenvalue weighted by atomic mass is 16.6. The summed E-state index contributed by atoms with van der Waals surface area (Å²) in [6.45, 7) is 7.64. The molecule has 3 rings (SSSR count). The number of methoxy groups -OCH3 is 2. The largest absolute Gasteiger partial charge is 0.846 e. The number of hydrogen-bond donors (Lipinski definition) is 1. The fourth-order valence-corrected chi connectivity index (χ4v) is 6.07. The van der Waals surface area contributed by atoms with E-state index in [1.807, 2.05) is 0 Å². The van der Waals surface area contributed by atoms with Crippen molar-refractivity contribution in [2.45, 2.75) is 77.0 Å². The molecule has 1 fully saturated rings. The first-order valence-corrected chi connectivity index (χ1v) is 12.3. The Morgan fingerprint density at radius 1 is 1.19 bits per heavy atom. The summed E-state index contributed by atoms with van der Waals surface area (Å²) < 4.78 is 22.7. The molecule has 1 aromatic rings. The first kappa shape index (κ1) is 29.0. The summed E-state index contributed by atoms with van der Waals surface area (Å²) in [7, 11) is 2.78. The van der Waals surface area contributed by atoms with Crippen LogP contribution in [-0.4, -0.2) is 73.2 Å². The van der Waals surface area contributed by atoms with Gasteiger partial charge in [-0.15, -0.1) is 0 Å². The third-order valence-corrected chi connectivity index (χ3v) is 8.02. The predicted octanol–water partition coefficient (Wildman–Crippen LogP) is 1.99. The first-order valence-electron chi connectivity index (χ1n) is 12.3. The van der Waals surface area contributed by atoms with Gasteiger partial charge in [-0.2, -0.15) is 0 Å². The van der Waals surface area contributed by atoms with Gasteiger partial charge in [-0.1, -0.05) is 37.6 Å². The smallest absolute Gasteiger partial charge is 0.338 e. The fourth-order valence-electron chi connectivity index (χ4n) is 6.07. The van der Waals surface area contributed by atoms with E-state index in [1.165, 1.54) is 21.1 Å². The molecule has 1 aromatic carbocycles. The number of esters is 2. The second-order valence-corrected chi connectivity index (χ2v) is 10.8. The molecule has 1 N–H and O–H groups in total. The highest BCUT2D eigenvalue weighted by Gasteiger charge is 2.60. The van der Waals surface area contributed by atoms with Crippen molar-refractivity contribution in [2.24, 2.45) is 11.3 Å². The molecule has 6 atom stereocenters. The lowest BCUT2D eigenvalue weighted by Crippen LogP contribution is -2.74. The van der Waals surface area contributed by atoms with Crippen molar-refractivity contribution in [1.82, 2.24) is 0 Å². The molecule has 0 saturated heterocycles. The third kappa shape index (κ3) is 5.10. The SMILES string of the molecule is COC[C@@](C)(OC(C)=O)C1CC(=O)[C@H](OC)C2=C(C)[C@@H](O)C[C@@]([O-])([C@H]1OC(=O)c1ccccc1)C2(C)C. The van der Waals surface area contributed by atoms with Gasteiger partial charge in [0.25, 0.3) is 0 Å². The van der Waals surface area contributed by atoms with Crippen LogP contribution < -0.4 is 5.11 Å². The summed E-state index contributed by atoms with van der Waals surface area (Å²) in [5, 5.41) is 26.2. The molecule has 9 nitrogen and oxygen atoms in total. The van der Waals surface area contributed by atoms with Gasteiger partial charge in [0.1, 0.15) is 17.8 Å². The van der Waals surface area contributed by atoms with E-state index >= 15 is 5.11 Å². The third-order valence-electron chi connectivity index (χ3n) is 8.02. The minimum Gasteiger partial charge on any atom is -0.846 e. The monoisotopic (exact) mass is 517 g/mol. The van der Waals surface area contributed by atoms with Crippen LogP contribution in [0.15, 0.2) is 41.5 Å². The van der Waals surface area contributed by atoms with E-state index in [1.54, 1.807) is 58.0 Å². The fraction of sp³-hybridized carbons (Fsp3) is 0.607. The highest BCUT2D eigenvalue weighted by molar-refractivity contribution is 5.90. The van der Waals surface area contributed by atoms with E-state index in [2.05, 4.69) is 0 Å². The molecule has 0 spiro atoms. The zero-order valence-electron chi connectivity index (χ0n) is 22.5. The topological polar surface area (TPSA) is 131 Å². The molecule has 204 valence electrons.